The summed E-state index contributed by atoms with van der Waals surface area (Å²) < 4.78 is 11.1. The van der Waals surface area contributed by atoms with Gasteiger partial charge in [-0.3, -0.25) is 4.99 Å². The zero-order valence-electron chi connectivity index (χ0n) is 15.9. The maximum absolute atomic E-state index is 5.74. The van der Waals surface area contributed by atoms with Crippen LogP contribution >= 0.6 is 0 Å². The number of hydrogen-bond donors (Lipinski definition) is 2. The summed E-state index contributed by atoms with van der Waals surface area (Å²) >= 11 is 0. The van der Waals surface area contributed by atoms with Crippen molar-refractivity contribution in [3.05, 3.63) is 59.7 Å². The van der Waals surface area contributed by atoms with E-state index in [9.17, 15) is 0 Å². The highest BCUT2D eigenvalue weighted by Gasteiger charge is 2.03. The highest BCUT2D eigenvalue weighted by molar-refractivity contribution is 5.79. The van der Waals surface area contributed by atoms with Crippen molar-refractivity contribution < 1.29 is 9.47 Å². The Morgan fingerprint density at radius 2 is 1.77 bits per heavy atom. The van der Waals surface area contributed by atoms with Crippen molar-refractivity contribution in [1.29, 1.82) is 0 Å². The van der Waals surface area contributed by atoms with Crippen LogP contribution < -0.4 is 20.1 Å². The second-order valence-corrected chi connectivity index (χ2v) is 6.03. The molecule has 5 nitrogen and oxygen atoms in total. The molecule has 0 aliphatic rings. The molecule has 0 aliphatic heterocycles. The molecular formula is C21H29N3O2. The van der Waals surface area contributed by atoms with Crippen LogP contribution in [0.4, 0.5) is 0 Å². The number of benzene rings is 2. The summed E-state index contributed by atoms with van der Waals surface area (Å²) in [5, 5.41) is 6.64. The molecule has 2 rings (SSSR count). The standard InChI is InChI=1S/C21H29N3O2/c1-17-10-12-19(13-11-17)26-15-7-6-14-23-21(22-2)24-16-18-8-4-5-9-20(18)25-3/h4-5,8-13H,6-7,14-16H2,1-3H3,(H2,22,23,24). The Kier molecular flexibility index (Phi) is 8.33. The van der Waals surface area contributed by atoms with Gasteiger partial charge in [0, 0.05) is 25.7 Å². The molecule has 0 saturated carbocycles. The summed E-state index contributed by atoms with van der Waals surface area (Å²) in [6.45, 7) is 4.31. The molecule has 26 heavy (non-hydrogen) atoms. The number of nitrogens with one attached hydrogen (secondary N) is 2. The van der Waals surface area contributed by atoms with Gasteiger partial charge in [-0.15, -0.1) is 0 Å². The van der Waals surface area contributed by atoms with Crippen LogP contribution in [0.15, 0.2) is 53.5 Å². The van der Waals surface area contributed by atoms with Gasteiger partial charge in [0.15, 0.2) is 5.96 Å². The first-order chi connectivity index (χ1) is 12.7. The second kappa shape index (κ2) is 11.0. The van der Waals surface area contributed by atoms with Gasteiger partial charge in [0.1, 0.15) is 11.5 Å². The Morgan fingerprint density at radius 3 is 2.50 bits per heavy atom. The van der Waals surface area contributed by atoms with Crippen molar-refractivity contribution in [2.45, 2.75) is 26.3 Å². The normalized spacial score (nSPS) is 11.1. The maximum Gasteiger partial charge on any atom is 0.191 e. The van der Waals surface area contributed by atoms with Gasteiger partial charge in [0.05, 0.1) is 13.7 Å². The molecule has 0 amide bonds. The Labute approximate surface area is 156 Å². The van der Waals surface area contributed by atoms with Gasteiger partial charge in [-0.1, -0.05) is 35.9 Å². The minimum Gasteiger partial charge on any atom is -0.496 e. The number of aryl methyl sites for hydroxylation is 1. The Hall–Kier alpha value is -2.69. The van der Waals surface area contributed by atoms with E-state index in [1.165, 1.54) is 5.56 Å². The van der Waals surface area contributed by atoms with Crippen molar-refractivity contribution in [2.24, 2.45) is 4.99 Å². The minimum absolute atomic E-state index is 0.667. The average Bonchev–Trinajstić information content (AvgIpc) is 2.68. The van der Waals surface area contributed by atoms with E-state index in [-0.39, 0.29) is 0 Å². The van der Waals surface area contributed by atoms with Crippen molar-refractivity contribution in [1.82, 2.24) is 10.6 Å². The number of rotatable bonds is 9. The molecule has 0 heterocycles. The van der Waals surface area contributed by atoms with Crippen LogP contribution in [-0.4, -0.2) is 33.3 Å². The number of hydrogen-bond acceptors (Lipinski definition) is 3. The lowest BCUT2D eigenvalue weighted by molar-refractivity contribution is 0.307. The molecule has 0 spiro atoms. The lowest BCUT2D eigenvalue weighted by Crippen LogP contribution is -2.37. The smallest absolute Gasteiger partial charge is 0.191 e. The molecule has 2 aromatic rings. The largest absolute Gasteiger partial charge is 0.496 e. The maximum atomic E-state index is 5.74. The van der Waals surface area contributed by atoms with Crippen molar-refractivity contribution in [2.75, 3.05) is 27.3 Å². The Bertz CT molecular complexity index is 684. The first kappa shape index (κ1) is 19.6. The number of aliphatic imine (C=N–C) groups is 1. The third-order valence-corrected chi connectivity index (χ3v) is 4.02. The van der Waals surface area contributed by atoms with E-state index in [1.54, 1.807) is 14.2 Å². The van der Waals surface area contributed by atoms with Crippen molar-refractivity contribution in [3.63, 3.8) is 0 Å². The van der Waals surface area contributed by atoms with Crippen LogP contribution in [0.3, 0.4) is 0 Å². The van der Waals surface area contributed by atoms with Gasteiger partial charge in [-0.2, -0.15) is 0 Å². The van der Waals surface area contributed by atoms with Gasteiger partial charge in [-0.05, 0) is 38.0 Å². The zero-order valence-corrected chi connectivity index (χ0v) is 15.9. The number of ether oxygens (including phenoxy) is 2. The van der Waals surface area contributed by atoms with E-state index in [4.69, 9.17) is 9.47 Å². The number of para-hydroxylation sites is 1. The van der Waals surface area contributed by atoms with Crippen molar-refractivity contribution >= 4 is 5.96 Å². The molecule has 0 fully saturated rings. The van der Waals surface area contributed by atoms with Gasteiger partial charge >= 0.3 is 0 Å². The molecule has 0 unspecified atom stereocenters. The molecule has 0 aliphatic carbocycles. The summed E-state index contributed by atoms with van der Waals surface area (Å²) in [4.78, 5) is 4.25. The molecule has 0 bridgehead atoms. The fourth-order valence-electron chi connectivity index (χ4n) is 2.51. The van der Waals surface area contributed by atoms with Crippen LogP contribution in [0.25, 0.3) is 0 Å². The summed E-state index contributed by atoms with van der Waals surface area (Å²) in [6, 6.07) is 16.1. The van der Waals surface area contributed by atoms with Crippen LogP contribution in [0.1, 0.15) is 24.0 Å². The lowest BCUT2D eigenvalue weighted by atomic mass is 10.2. The molecule has 0 saturated heterocycles. The summed E-state index contributed by atoms with van der Waals surface area (Å²) in [5.41, 5.74) is 2.35. The van der Waals surface area contributed by atoms with Crippen LogP contribution in [-0.2, 0) is 6.54 Å². The van der Waals surface area contributed by atoms with E-state index in [2.05, 4.69) is 34.7 Å². The van der Waals surface area contributed by atoms with Crippen LogP contribution in [0.5, 0.6) is 11.5 Å². The van der Waals surface area contributed by atoms with Crippen molar-refractivity contribution in [3.8, 4) is 11.5 Å². The molecule has 0 radical (unpaired) electrons. The van der Waals surface area contributed by atoms with E-state index in [0.29, 0.717) is 6.54 Å². The van der Waals surface area contributed by atoms with Gasteiger partial charge in [0.2, 0.25) is 0 Å². The molecule has 0 atom stereocenters. The fourth-order valence-corrected chi connectivity index (χ4v) is 2.51. The van der Waals surface area contributed by atoms with Gasteiger partial charge in [0.25, 0.3) is 0 Å². The number of unbranched alkanes of at least 4 members (excludes halogenated alkanes) is 1. The summed E-state index contributed by atoms with van der Waals surface area (Å²) in [6.07, 6.45) is 2.01. The number of nitrogens with zero attached hydrogens (tertiary/aromatic N) is 1. The Balaban J connectivity index is 1.62. The molecule has 0 aromatic heterocycles. The predicted octanol–water partition coefficient (Wildman–Crippen LogP) is 3.53. The van der Waals surface area contributed by atoms with Gasteiger partial charge in [-0.25, -0.2) is 0 Å². The zero-order chi connectivity index (χ0) is 18.6. The summed E-state index contributed by atoms with van der Waals surface area (Å²) in [7, 11) is 3.46. The number of guanidine groups is 1. The number of methoxy groups -OCH3 is 1. The third-order valence-electron chi connectivity index (χ3n) is 4.02. The monoisotopic (exact) mass is 355 g/mol. The predicted molar refractivity (Wildman–Crippen MR) is 107 cm³/mol. The van der Waals surface area contributed by atoms with Crippen LogP contribution in [0, 0.1) is 6.92 Å². The molecule has 2 aromatic carbocycles. The molecule has 2 N–H and O–H groups in total. The van der Waals surface area contributed by atoms with E-state index >= 15 is 0 Å². The summed E-state index contributed by atoms with van der Waals surface area (Å²) in [5.74, 6) is 2.59. The Morgan fingerprint density at radius 1 is 1.00 bits per heavy atom. The topological polar surface area (TPSA) is 54.9 Å². The van der Waals surface area contributed by atoms with Gasteiger partial charge < -0.3 is 20.1 Å². The first-order valence-corrected chi connectivity index (χ1v) is 8.99. The SMILES string of the molecule is CN=C(NCCCCOc1ccc(C)cc1)NCc1ccccc1OC. The second-order valence-electron chi connectivity index (χ2n) is 6.03. The van der Waals surface area contributed by atoms with E-state index in [0.717, 1.165) is 49.0 Å². The minimum atomic E-state index is 0.667. The quantitative estimate of drug-likeness (QED) is 0.410. The van der Waals surface area contributed by atoms with E-state index in [1.807, 2.05) is 36.4 Å². The average molecular weight is 355 g/mol. The molecular weight excluding hydrogens is 326 g/mol. The first-order valence-electron chi connectivity index (χ1n) is 8.99. The highest BCUT2D eigenvalue weighted by atomic mass is 16.5. The highest BCUT2D eigenvalue weighted by Crippen LogP contribution is 2.16. The third kappa shape index (κ3) is 6.67. The van der Waals surface area contributed by atoms with E-state index < -0.39 is 0 Å². The van der Waals surface area contributed by atoms with Crippen LogP contribution in [0.2, 0.25) is 0 Å². The fraction of sp³-hybridized carbons (Fsp3) is 0.381. The molecule has 140 valence electrons. The molecule has 5 heteroatoms. The lowest BCUT2D eigenvalue weighted by Gasteiger charge is -2.13.